The molecule has 0 heterocycles. The maximum atomic E-state index is 11.0. The van der Waals surface area contributed by atoms with Crippen LogP contribution < -0.4 is 4.74 Å². The molecule has 0 amide bonds. The molecule has 0 spiro atoms. The Morgan fingerprint density at radius 2 is 1.68 bits per heavy atom. The van der Waals surface area contributed by atoms with Crippen molar-refractivity contribution >= 4 is 0 Å². The first-order chi connectivity index (χ1) is 8.96. The van der Waals surface area contributed by atoms with Crippen LogP contribution in [0.1, 0.15) is 29.2 Å². The topological polar surface area (TPSA) is 29.5 Å². The first-order valence-corrected chi connectivity index (χ1v) is 6.40. The van der Waals surface area contributed by atoms with Gasteiger partial charge in [0.25, 0.3) is 0 Å². The number of methoxy groups -OCH3 is 1. The number of aliphatic hydroxyl groups is 1. The largest absolute Gasteiger partial charge is 0.496 e. The minimum absolute atomic E-state index is 0.702. The van der Waals surface area contributed by atoms with Crippen LogP contribution in [0, 0.1) is 13.8 Å². The molecule has 1 N–H and O–H groups in total. The van der Waals surface area contributed by atoms with Gasteiger partial charge in [-0.05, 0) is 38.0 Å². The third kappa shape index (κ3) is 2.49. The first kappa shape index (κ1) is 13.6. The molecule has 0 aliphatic rings. The lowest BCUT2D eigenvalue weighted by Crippen LogP contribution is -2.24. The molecule has 0 aliphatic heterocycles. The monoisotopic (exact) mass is 256 g/mol. The number of ether oxygens (including phenoxy) is 1. The number of rotatable bonds is 3. The minimum Gasteiger partial charge on any atom is -0.496 e. The van der Waals surface area contributed by atoms with Gasteiger partial charge in [-0.2, -0.15) is 0 Å². The third-order valence-corrected chi connectivity index (χ3v) is 3.55. The molecule has 2 heteroatoms. The quantitative estimate of drug-likeness (QED) is 0.909. The van der Waals surface area contributed by atoms with Crippen LogP contribution in [-0.2, 0) is 5.60 Å². The molecule has 0 aromatic heterocycles. The zero-order chi connectivity index (χ0) is 14.0. The average molecular weight is 256 g/mol. The van der Waals surface area contributed by atoms with Crippen molar-refractivity contribution in [3.8, 4) is 5.75 Å². The number of benzene rings is 2. The van der Waals surface area contributed by atoms with E-state index in [1.165, 1.54) is 0 Å². The summed E-state index contributed by atoms with van der Waals surface area (Å²) in [7, 11) is 1.62. The fraction of sp³-hybridized carbons (Fsp3) is 0.294. The number of hydrogen-bond donors (Lipinski definition) is 1. The second-order valence-electron chi connectivity index (χ2n) is 5.09. The van der Waals surface area contributed by atoms with Gasteiger partial charge in [0, 0.05) is 5.56 Å². The molecule has 0 saturated carbocycles. The van der Waals surface area contributed by atoms with Crippen LogP contribution >= 0.6 is 0 Å². The molecule has 0 fully saturated rings. The Kier molecular flexibility index (Phi) is 3.63. The van der Waals surface area contributed by atoms with Gasteiger partial charge in [-0.1, -0.05) is 42.0 Å². The summed E-state index contributed by atoms with van der Waals surface area (Å²) in [6, 6.07) is 13.7. The maximum Gasteiger partial charge on any atom is 0.125 e. The van der Waals surface area contributed by atoms with E-state index in [2.05, 4.69) is 6.07 Å². The van der Waals surface area contributed by atoms with Crippen molar-refractivity contribution < 1.29 is 9.84 Å². The van der Waals surface area contributed by atoms with Crippen molar-refractivity contribution in [1.82, 2.24) is 0 Å². The molecular weight excluding hydrogens is 236 g/mol. The van der Waals surface area contributed by atoms with Gasteiger partial charge in [0.05, 0.1) is 7.11 Å². The summed E-state index contributed by atoms with van der Waals surface area (Å²) >= 11 is 0. The Balaban J connectivity index is 2.61. The maximum absolute atomic E-state index is 11.0. The molecule has 2 rings (SSSR count). The van der Waals surface area contributed by atoms with E-state index in [4.69, 9.17) is 4.74 Å². The Labute approximate surface area is 114 Å². The molecular formula is C17H20O2. The summed E-state index contributed by atoms with van der Waals surface area (Å²) in [5.74, 6) is 0.702. The van der Waals surface area contributed by atoms with Gasteiger partial charge in [-0.3, -0.25) is 0 Å². The van der Waals surface area contributed by atoms with E-state index in [9.17, 15) is 5.11 Å². The lowest BCUT2D eigenvalue weighted by atomic mass is 9.84. The summed E-state index contributed by atoms with van der Waals surface area (Å²) in [5.41, 5.74) is 2.84. The SMILES string of the molecule is COc1ccccc1C(C)(O)c1cc(C)ccc1C. The summed E-state index contributed by atoms with van der Waals surface area (Å²) < 4.78 is 5.36. The normalized spacial score (nSPS) is 13.9. The van der Waals surface area contributed by atoms with Crippen molar-refractivity contribution in [3.63, 3.8) is 0 Å². The van der Waals surface area contributed by atoms with Gasteiger partial charge >= 0.3 is 0 Å². The van der Waals surface area contributed by atoms with Gasteiger partial charge < -0.3 is 9.84 Å². The smallest absolute Gasteiger partial charge is 0.125 e. The lowest BCUT2D eigenvalue weighted by molar-refractivity contribution is 0.0982. The second kappa shape index (κ2) is 5.06. The highest BCUT2D eigenvalue weighted by molar-refractivity contribution is 5.47. The number of aryl methyl sites for hydroxylation is 2. The Bertz CT molecular complexity index is 586. The lowest BCUT2D eigenvalue weighted by Gasteiger charge is -2.28. The molecule has 2 aromatic rings. The zero-order valence-corrected chi connectivity index (χ0v) is 11.9. The minimum atomic E-state index is -1.07. The molecule has 1 unspecified atom stereocenters. The molecule has 19 heavy (non-hydrogen) atoms. The highest BCUT2D eigenvalue weighted by atomic mass is 16.5. The van der Waals surface area contributed by atoms with Crippen molar-refractivity contribution in [2.45, 2.75) is 26.4 Å². The van der Waals surface area contributed by atoms with Gasteiger partial charge in [0.1, 0.15) is 11.4 Å². The van der Waals surface area contributed by atoms with E-state index < -0.39 is 5.60 Å². The van der Waals surface area contributed by atoms with Gasteiger partial charge in [0.2, 0.25) is 0 Å². The highest BCUT2D eigenvalue weighted by Gasteiger charge is 2.30. The van der Waals surface area contributed by atoms with Crippen LogP contribution in [0.4, 0.5) is 0 Å². The average Bonchev–Trinajstić information content (AvgIpc) is 2.41. The molecule has 0 radical (unpaired) electrons. The summed E-state index contributed by atoms with van der Waals surface area (Å²) in [4.78, 5) is 0. The van der Waals surface area contributed by atoms with Crippen LogP contribution in [0.15, 0.2) is 42.5 Å². The van der Waals surface area contributed by atoms with Crippen molar-refractivity contribution in [2.24, 2.45) is 0 Å². The fourth-order valence-electron chi connectivity index (χ4n) is 2.45. The van der Waals surface area contributed by atoms with Crippen molar-refractivity contribution in [2.75, 3.05) is 7.11 Å². The third-order valence-electron chi connectivity index (χ3n) is 3.55. The van der Waals surface area contributed by atoms with Crippen molar-refractivity contribution in [1.29, 1.82) is 0 Å². The predicted molar refractivity (Wildman–Crippen MR) is 77.6 cm³/mol. The van der Waals surface area contributed by atoms with Crippen LogP contribution in [0.25, 0.3) is 0 Å². The predicted octanol–water partition coefficient (Wildman–Crippen LogP) is 3.57. The van der Waals surface area contributed by atoms with Gasteiger partial charge in [-0.15, -0.1) is 0 Å². The Morgan fingerprint density at radius 1 is 1.00 bits per heavy atom. The highest BCUT2D eigenvalue weighted by Crippen LogP contribution is 2.36. The summed E-state index contributed by atoms with van der Waals surface area (Å²) in [5, 5.41) is 11.0. The molecule has 1 atom stereocenters. The second-order valence-corrected chi connectivity index (χ2v) is 5.09. The molecule has 2 aromatic carbocycles. The van der Waals surface area contributed by atoms with Crippen LogP contribution in [0.3, 0.4) is 0 Å². The van der Waals surface area contributed by atoms with Crippen molar-refractivity contribution in [3.05, 3.63) is 64.7 Å². The van der Waals surface area contributed by atoms with Gasteiger partial charge in [-0.25, -0.2) is 0 Å². The molecule has 0 saturated heterocycles. The number of hydrogen-bond acceptors (Lipinski definition) is 2. The molecule has 0 bridgehead atoms. The van der Waals surface area contributed by atoms with E-state index in [0.717, 1.165) is 22.3 Å². The van der Waals surface area contributed by atoms with Crippen LogP contribution in [0.5, 0.6) is 5.75 Å². The molecule has 0 aliphatic carbocycles. The number of para-hydroxylation sites is 1. The standard InChI is InChI=1S/C17H20O2/c1-12-9-10-13(2)15(11-12)17(3,18)14-7-5-6-8-16(14)19-4/h5-11,18H,1-4H3. The molecule has 100 valence electrons. The van der Waals surface area contributed by atoms with E-state index in [1.807, 2.05) is 57.2 Å². The fourth-order valence-corrected chi connectivity index (χ4v) is 2.45. The summed E-state index contributed by atoms with van der Waals surface area (Å²) in [6.45, 7) is 5.85. The summed E-state index contributed by atoms with van der Waals surface area (Å²) in [6.07, 6.45) is 0. The van der Waals surface area contributed by atoms with Crippen LogP contribution in [0.2, 0.25) is 0 Å². The van der Waals surface area contributed by atoms with E-state index in [-0.39, 0.29) is 0 Å². The zero-order valence-electron chi connectivity index (χ0n) is 11.9. The van der Waals surface area contributed by atoms with Gasteiger partial charge in [0.15, 0.2) is 0 Å². The van der Waals surface area contributed by atoms with E-state index in [0.29, 0.717) is 5.75 Å². The van der Waals surface area contributed by atoms with E-state index >= 15 is 0 Å². The Morgan fingerprint density at radius 3 is 2.37 bits per heavy atom. The first-order valence-electron chi connectivity index (χ1n) is 6.40. The van der Waals surface area contributed by atoms with Crippen LogP contribution in [-0.4, -0.2) is 12.2 Å². The Hall–Kier alpha value is -1.80. The van der Waals surface area contributed by atoms with E-state index in [1.54, 1.807) is 7.11 Å². The molecule has 2 nitrogen and oxygen atoms in total.